The first-order valence-corrected chi connectivity index (χ1v) is 6.23. The number of hydrogen-bond donors (Lipinski definition) is 2. The second kappa shape index (κ2) is 6.21. The number of amides is 2. The van der Waals surface area contributed by atoms with Crippen molar-refractivity contribution in [3.63, 3.8) is 0 Å². The minimum absolute atomic E-state index is 0.114. The fourth-order valence-corrected chi connectivity index (χ4v) is 2.10. The van der Waals surface area contributed by atoms with E-state index in [-0.39, 0.29) is 6.03 Å². The van der Waals surface area contributed by atoms with Crippen molar-refractivity contribution in [3.05, 3.63) is 0 Å². The molecule has 0 aliphatic carbocycles. The van der Waals surface area contributed by atoms with Gasteiger partial charge in [0.15, 0.2) is 0 Å². The number of hydrogen-bond acceptors (Lipinski definition) is 3. The molecule has 5 nitrogen and oxygen atoms in total. The largest absolute Gasteiger partial charge is 0.388 e. The number of carbonyl (C=O) groups excluding carboxylic acids is 1. The summed E-state index contributed by atoms with van der Waals surface area (Å²) in [6.45, 7) is 8.59. The smallest absolute Gasteiger partial charge is 0.317 e. The Kier molecular flexibility index (Phi) is 5.21. The molecule has 0 saturated carbocycles. The average Bonchev–Trinajstić information content (AvgIpc) is 2.25. The molecule has 100 valence electrons. The number of urea groups is 1. The van der Waals surface area contributed by atoms with Crippen molar-refractivity contribution in [2.45, 2.75) is 32.8 Å². The van der Waals surface area contributed by atoms with E-state index in [0.29, 0.717) is 45.2 Å². The minimum Gasteiger partial charge on any atom is -0.388 e. The van der Waals surface area contributed by atoms with Crippen molar-refractivity contribution >= 4 is 6.03 Å². The van der Waals surface area contributed by atoms with Gasteiger partial charge in [-0.1, -0.05) is 13.8 Å². The highest BCUT2D eigenvalue weighted by Crippen LogP contribution is 2.15. The van der Waals surface area contributed by atoms with Gasteiger partial charge in [-0.3, -0.25) is 0 Å². The molecule has 0 radical (unpaired) electrons. The topological polar surface area (TPSA) is 61.8 Å². The number of morpholine rings is 1. The number of carbonyl (C=O) groups is 1. The summed E-state index contributed by atoms with van der Waals surface area (Å²) in [5.74, 6) is 0.408. The van der Waals surface area contributed by atoms with E-state index < -0.39 is 5.60 Å². The van der Waals surface area contributed by atoms with E-state index in [2.05, 4.69) is 19.2 Å². The van der Waals surface area contributed by atoms with Gasteiger partial charge < -0.3 is 20.1 Å². The lowest BCUT2D eigenvalue weighted by Crippen LogP contribution is -2.50. The Balaban J connectivity index is 2.31. The van der Waals surface area contributed by atoms with Gasteiger partial charge in [0.2, 0.25) is 0 Å². The summed E-state index contributed by atoms with van der Waals surface area (Å²) in [4.78, 5) is 13.5. The molecule has 2 N–H and O–H groups in total. The Morgan fingerprint density at radius 1 is 1.47 bits per heavy atom. The molecule has 1 atom stereocenters. The van der Waals surface area contributed by atoms with Crippen LogP contribution >= 0.6 is 0 Å². The first-order valence-electron chi connectivity index (χ1n) is 6.23. The van der Waals surface area contributed by atoms with E-state index in [1.54, 1.807) is 11.8 Å². The van der Waals surface area contributed by atoms with E-state index in [0.717, 1.165) is 0 Å². The van der Waals surface area contributed by atoms with Crippen LogP contribution in [0.25, 0.3) is 0 Å². The maximum Gasteiger partial charge on any atom is 0.317 e. The Morgan fingerprint density at radius 3 is 2.59 bits per heavy atom. The first-order chi connectivity index (χ1) is 7.91. The molecule has 1 rings (SSSR count). The third-order valence-corrected chi connectivity index (χ3v) is 2.77. The van der Waals surface area contributed by atoms with E-state index in [1.807, 2.05) is 0 Å². The second-order valence-corrected chi connectivity index (χ2v) is 5.35. The van der Waals surface area contributed by atoms with E-state index >= 15 is 0 Å². The molecule has 0 aromatic rings. The summed E-state index contributed by atoms with van der Waals surface area (Å²) in [6.07, 6.45) is 0.677. The quantitative estimate of drug-likeness (QED) is 0.770. The van der Waals surface area contributed by atoms with Gasteiger partial charge in [-0.15, -0.1) is 0 Å². The number of nitrogens with zero attached hydrogens (tertiary/aromatic N) is 1. The van der Waals surface area contributed by atoms with E-state index in [4.69, 9.17) is 4.74 Å². The van der Waals surface area contributed by atoms with Crippen LogP contribution in [0.2, 0.25) is 0 Å². The maximum absolute atomic E-state index is 11.8. The molecule has 5 heteroatoms. The van der Waals surface area contributed by atoms with Crippen LogP contribution in [0, 0.1) is 5.92 Å². The van der Waals surface area contributed by atoms with Crippen LogP contribution in [0.1, 0.15) is 27.2 Å². The summed E-state index contributed by atoms with van der Waals surface area (Å²) in [5.41, 5.74) is -0.837. The van der Waals surface area contributed by atoms with Crippen molar-refractivity contribution in [2.24, 2.45) is 5.92 Å². The van der Waals surface area contributed by atoms with Crippen LogP contribution in [-0.2, 0) is 4.74 Å². The van der Waals surface area contributed by atoms with E-state index in [1.165, 1.54) is 0 Å². The molecule has 1 saturated heterocycles. The lowest BCUT2D eigenvalue weighted by Gasteiger charge is -2.30. The third-order valence-electron chi connectivity index (χ3n) is 2.77. The van der Waals surface area contributed by atoms with Gasteiger partial charge >= 0.3 is 6.03 Å². The van der Waals surface area contributed by atoms with Crippen LogP contribution in [0.3, 0.4) is 0 Å². The normalized spacial score (nSPS) is 20.2. The Labute approximate surface area is 103 Å². The summed E-state index contributed by atoms with van der Waals surface area (Å²) in [7, 11) is 0. The molecule has 17 heavy (non-hydrogen) atoms. The standard InChI is InChI=1S/C12H24N2O3/c1-10(2)8-12(3,16)9-13-11(15)14-4-6-17-7-5-14/h10,16H,4-9H2,1-3H3,(H,13,15). The van der Waals surface area contributed by atoms with Crippen molar-refractivity contribution in [1.29, 1.82) is 0 Å². The summed E-state index contributed by atoms with van der Waals surface area (Å²) in [5, 5.41) is 12.9. The minimum atomic E-state index is -0.837. The SMILES string of the molecule is CC(C)CC(C)(O)CNC(=O)N1CCOCC1. The van der Waals surface area contributed by atoms with Gasteiger partial charge in [0.25, 0.3) is 0 Å². The van der Waals surface area contributed by atoms with Gasteiger partial charge in [0.1, 0.15) is 0 Å². The van der Waals surface area contributed by atoms with Crippen LogP contribution in [0.15, 0.2) is 0 Å². The Hall–Kier alpha value is -0.810. The van der Waals surface area contributed by atoms with Crippen molar-refractivity contribution in [2.75, 3.05) is 32.8 Å². The molecule has 0 spiro atoms. The molecular weight excluding hydrogens is 220 g/mol. The van der Waals surface area contributed by atoms with Gasteiger partial charge in [-0.05, 0) is 19.3 Å². The van der Waals surface area contributed by atoms with Gasteiger partial charge in [0, 0.05) is 19.6 Å². The molecule has 1 heterocycles. The molecule has 0 aromatic heterocycles. The molecule has 0 bridgehead atoms. The zero-order chi connectivity index (χ0) is 12.9. The summed E-state index contributed by atoms with van der Waals surface area (Å²) in [6, 6.07) is -0.114. The Morgan fingerprint density at radius 2 is 2.06 bits per heavy atom. The highest BCUT2D eigenvalue weighted by atomic mass is 16.5. The zero-order valence-corrected chi connectivity index (χ0v) is 11.0. The number of nitrogens with one attached hydrogen (secondary N) is 1. The van der Waals surface area contributed by atoms with Crippen molar-refractivity contribution in [3.8, 4) is 0 Å². The maximum atomic E-state index is 11.8. The lowest BCUT2D eigenvalue weighted by molar-refractivity contribution is 0.0327. The van der Waals surface area contributed by atoms with Gasteiger partial charge in [-0.2, -0.15) is 0 Å². The molecule has 1 aliphatic rings. The highest BCUT2D eigenvalue weighted by Gasteiger charge is 2.24. The summed E-state index contributed by atoms with van der Waals surface area (Å²) >= 11 is 0. The number of rotatable bonds is 4. The van der Waals surface area contributed by atoms with E-state index in [9.17, 15) is 9.90 Å². The van der Waals surface area contributed by atoms with Gasteiger partial charge in [-0.25, -0.2) is 4.79 Å². The predicted molar refractivity (Wildman–Crippen MR) is 65.9 cm³/mol. The monoisotopic (exact) mass is 244 g/mol. The fraction of sp³-hybridized carbons (Fsp3) is 0.917. The van der Waals surface area contributed by atoms with Crippen molar-refractivity contribution < 1.29 is 14.6 Å². The molecule has 1 fully saturated rings. The van der Waals surface area contributed by atoms with Crippen LogP contribution in [0.4, 0.5) is 4.79 Å². The highest BCUT2D eigenvalue weighted by molar-refractivity contribution is 5.74. The lowest BCUT2D eigenvalue weighted by atomic mass is 9.94. The second-order valence-electron chi connectivity index (χ2n) is 5.35. The summed E-state index contributed by atoms with van der Waals surface area (Å²) < 4.78 is 5.18. The molecule has 2 amide bonds. The predicted octanol–water partition coefficient (Wildman–Crippen LogP) is 0.825. The van der Waals surface area contributed by atoms with Crippen LogP contribution < -0.4 is 5.32 Å². The third kappa shape index (κ3) is 5.37. The van der Waals surface area contributed by atoms with Crippen LogP contribution in [-0.4, -0.2) is 54.5 Å². The average molecular weight is 244 g/mol. The molecule has 0 aromatic carbocycles. The molecule has 1 unspecified atom stereocenters. The number of aliphatic hydroxyl groups is 1. The first kappa shape index (κ1) is 14.3. The zero-order valence-electron chi connectivity index (χ0n) is 11.0. The number of ether oxygens (including phenoxy) is 1. The van der Waals surface area contributed by atoms with Crippen molar-refractivity contribution in [1.82, 2.24) is 10.2 Å². The molecular formula is C12H24N2O3. The van der Waals surface area contributed by atoms with Crippen LogP contribution in [0.5, 0.6) is 0 Å². The molecule has 1 aliphatic heterocycles. The van der Waals surface area contributed by atoms with Gasteiger partial charge in [0.05, 0.1) is 18.8 Å². The fourth-order valence-electron chi connectivity index (χ4n) is 2.10. The Bertz CT molecular complexity index is 248.